The van der Waals surface area contributed by atoms with Gasteiger partial charge < -0.3 is 10.8 Å². The zero-order valence-corrected chi connectivity index (χ0v) is 10.0. The maximum atomic E-state index is 10.5. The lowest BCUT2D eigenvalue weighted by atomic mass is 10.2. The normalized spacial score (nSPS) is 12.4. The molecule has 5 heteroatoms. The number of aromatic nitrogens is 1. The van der Waals surface area contributed by atoms with E-state index >= 15 is 0 Å². The smallest absolute Gasteiger partial charge is 0.320 e. The Morgan fingerprint density at radius 1 is 1.69 bits per heavy atom. The number of thioether (sulfide) groups is 1. The van der Waals surface area contributed by atoms with Gasteiger partial charge in [-0.25, -0.2) is 0 Å². The molecule has 0 fully saturated rings. The van der Waals surface area contributed by atoms with Crippen LogP contribution < -0.4 is 5.73 Å². The van der Waals surface area contributed by atoms with Gasteiger partial charge in [-0.3, -0.25) is 9.78 Å². The molecule has 1 heterocycles. The van der Waals surface area contributed by atoms with E-state index in [1.165, 1.54) is 0 Å². The summed E-state index contributed by atoms with van der Waals surface area (Å²) in [5, 5.41) is 8.60. The lowest BCUT2D eigenvalue weighted by Gasteiger charge is -2.06. The summed E-state index contributed by atoms with van der Waals surface area (Å²) in [6.07, 6.45) is 2.26. The molecule has 0 radical (unpaired) electrons. The van der Waals surface area contributed by atoms with Gasteiger partial charge in [0.05, 0.1) is 5.69 Å². The van der Waals surface area contributed by atoms with Crippen molar-refractivity contribution in [1.29, 1.82) is 0 Å². The van der Waals surface area contributed by atoms with E-state index in [4.69, 9.17) is 10.8 Å². The quantitative estimate of drug-likeness (QED) is 0.735. The number of nitrogens with zero attached hydrogens (tertiary/aromatic N) is 1. The minimum absolute atomic E-state index is 0.492. The van der Waals surface area contributed by atoms with Gasteiger partial charge in [-0.15, -0.1) is 0 Å². The molecule has 1 rings (SSSR count). The number of nitrogens with two attached hydrogens (primary N) is 1. The van der Waals surface area contributed by atoms with Gasteiger partial charge in [0.2, 0.25) is 0 Å². The molecule has 88 valence electrons. The summed E-state index contributed by atoms with van der Waals surface area (Å²) in [5.41, 5.74) is 7.61. The molecule has 0 saturated carbocycles. The van der Waals surface area contributed by atoms with Crippen LogP contribution in [0.4, 0.5) is 0 Å². The van der Waals surface area contributed by atoms with Crippen LogP contribution in [0.15, 0.2) is 18.3 Å². The first-order valence-electron chi connectivity index (χ1n) is 5.08. The van der Waals surface area contributed by atoms with E-state index in [0.717, 1.165) is 22.8 Å². The number of pyridine rings is 1. The van der Waals surface area contributed by atoms with Crippen LogP contribution in [-0.2, 0) is 10.5 Å². The molecule has 0 aromatic carbocycles. The largest absolute Gasteiger partial charge is 0.480 e. The molecule has 1 unspecified atom stereocenters. The molecule has 0 aliphatic rings. The third-order valence-corrected chi connectivity index (χ3v) is 3.25. The summed E-state index contributed by atoms with van der Waals surface area (Å²) in [6.45, 7) is 2.02. The van der Waals surface area contributed by atoms with Crippen LogP contribution in [0, 0.1) is 6.92 Å². The summed E-state index contributed by atoms with van der Waals surface area (Å²) in [4.78, 5) is 14.7. The van der Waals surface area contributed by atoms with E-state index in [0.29, 0.717) is 6.42 Å². The molecule has 3 N–H and O–H groups in total. The van der Waals surface area contributed by atoms with Gasteiger partial charge in [-0.2, -0.15) is 11.8 Å². The Morgan fingerprint density at radius 3 is 3.06 bits per heavy atom. The van der Waals surface area contributed by atoms with Crippen LogP contribution in [0.1, 0.15) is 17.7 Å². The van der Waals surface area contributed by atoms with Crippen molar-refractivity contribution in [2.24, 2.45) is 5.73 Å². The second-order valence-corrected chi connectivity index (χ2v) is 4.66. The van der Waals surface area contributed by atoms with E-state index in [1.54, 1.807) is 18.0 Å². The lowest BCUT2D eigenvalue weighted by molar-refractivity contribution is -0.138. The van der Waals surface area contributed by atoms with Crippen LogP contribution in [-0.4, -0.2) is 27.9 Å². The molecular weight excluding hydrogens is 224 g/mol. The Hall–Kier alpha value is -1.07. The molecule has 0 bridgehead atoms. The third kappa shape index (κ3) is 4.20. The predicted molar refractivity (Wildman–Crippen MR) is 65.4 cm³/mol. The van der Waals surface area contributed by atoms with E-state index in [9.17, 15) is 4.79 Å². The molecule has 1 aromatic heterocycles. The van der Waals surface area contributed by atoms with Crippen LogP contribution in [0.2, 0.25) is 0 Å². The number of carboxylic acids is 1. The molecule has 0 aliphatic carbocycles. The third-order valence-electron chi connectivity index (χ3n) is 2.25. The Balaban J connectivity index is 2.26. The highest BCUT2D eigenvalue weighted by molar-refractivity contribution is 7.98. The van der Waals surface area contributed by atoms with Crippen molar-refractivity contribution in [3.63, 3.8) is 0 Å². The molecule has 0 amide bonds. The highest BCUT2D eigenvalue weighted by Crippen LogP contribution is 2.14. The summed E-state index contributed by atoms with van der Waals surface area (Å²) < 4.78 is 0. The van der Waals surface area contributed by atoms with Crippen LogP contribution in [0.3, 0.4) is 0 Å². The second kappa shape index (κ2) is 6.50. The maximum absolute atomic E-state index is 10.5. The second-order valence-electron chi connectivity index (χ2n) is 3.55. The van der Waals surface area contributed by atoms with Crippen molar-refractivity contribution in [3.8, 4) is 0 Å². The average Bonchev–Trinajstić information content (AvgIpc) is 2.26. The number of carboxylic acid groups (broad SMARTS) is 1. The van der Waals surface area contributed by atoms with Gasteiger partial charge in [0.15, 0.2) is 0 Å². The predicted octanol–water partition coefficient (Wildman–Crippen LogP) is 1.43. The molecule has 1 atom stereocenters. The van der Waals surface area contributed by atoms with Crippen LogP contribution >= 0.6 is 11.8 Å². The summed E-state index contributed by atoms with van der Waals surface area (Å²) in [5.74, 6) is 0.609. The fourth-order valence-electron chi connectivity index (χ4n) is 1.17. The number of rotatable bonds is 6. The zero-order valence-electron chi connectivity index (χ0n) is 9.22. The first-order chi connectivity index (χ1) is 7.61. The molecule has 0 spiro atoms. The van der Waals surface area contributed by atoms with Crippen molar-refractivity contribution in [2.75, 3.05) is 5.75 Å². The molecule has 4 nitrogen and oxygen atoms in total. The zero-order chi connectivity index (χ0) is 12.0. The van der Waals surface area contributed by atoms with Crippen LogP contribution in [0.5, 0.6) is 0 Å². The van der Waals surface area contributed by atoms with E-state index in [-0.39, 0.29) is 0 Å². The lowest BCUT2D eigenvalue weighted by Crippen LogP contribution is -2.30. The number of carbonyl (C=O) groups is 1. The van der Waals surface area contributed by atoms with Gasteiger partial charge >= 0.3 is 5.97 Å². The van der Waals surface area contributed by atoms with Crippen LogP contribution in [0.25, 0.3) is 0 Å². The first kappa shape index (κ1) is 13.0. The minimum atomic E-state index is -0.936. The highest BCUT2D eigenvalue weighted by atomic mass is 32.2. The molecule has 0 aliphatic heterocycles. The molecule has 1 aromatic rings. The minimum Gasteiger partial charge on any atom is -0.480 e. The molecule has 16 heavy (non-hydrogen) atoms. The topological polar surface area (TPSA) is 76.2 Å². The molecule has 0 saturated heterocycles. The Labute approximate surface area is 99.3 Å². The standard InChI is InChI=1S/C11H16N2O2S/c1-8-3-2-5-13-10(8)7-16-6-4-9(12)11(14)15/h2-3,5,9H,4,6-7,12H2,1H3,(H,14,15). The number of aryl methyl sites for hydroxylation is 1. The maximum Gasteiger partial charge on any atom is 0.320 e. The fraction of sp³-hybridized carbons (Fsp3) is 0.455. The van der Waals surface area contributed by atoms with Crippen molar-refractivity contribution in [1.82, 2.24) is 4.98 Å². The number of aliphatic carboxylic acids is 1. The van der Waals surface area contributed by atoms with Crippen molar-refractivity contribution in [2.45, 2.75) is 25.1 Å². The van der Waals surface area contributed by atoms with E-state index < -0.39 is 12.0 Å². The summed E-state index contributed by atoms with van der Waals surface area (Å²) >= 11 is 1.66. The summed E-state index contributed by atoms with van der Waals surface area (Å²) in [7, 11) is 0. The van der Waals surface area contributed by atoms with E-state index in [2.05, 4.69) is 4.98 Å². The van der Waals surface area contributed by atoms with Gasteiger partial charge in [0.1, 0.15) is 6.04 Å². The van der Waals surface area contributed by atoms with Crippen molar-refractivity contribution >= 4 is 17.7 Å². The monoisotopic (exact) mass is 240 g/mol. The van der Waals surface area contributed by atoms with E-state index in [1.807, 2.05) is 19.1 Å². The summed E-state index contributed by atoms with van der Waals surface area (Å²) in [6, 6.07) is 3.17. The van der Waals surface area contributed by atoms with Gasteiger partial charge in [0.25, 0.3) is 0 Å². The van der Waals surface area contributed by atoms with Crippen molar-refractivity contribution < 1.29 is 9.90 Å². The Bertz CT molecular complexity index is 358. The number of hydrogen-bond donors (Lipinski definition) is 2. The number of hydrogen-bond acceptors (Lipinski definition) is 4. The van der Waals surface area contributed by atoms with Crippen molar-refractivity contribution in [3.05, 3.63) is 29.6 Å². The highest BCUT2D eigenvalue weighted by Gasteiger charge is 2.10. The van der Waals surface area contributed by atoms with Gasteiger partial charge in [-0.05, 0) is 30.7 Å². The fourth-order valence-corrected chi connectivity index (χ4v) is 2.23. The van der Waals surface area contributed by atoms with Gasteiger partial charge in [-0.1, -0.05) is 6.07 Å². The van der Waals surface area contributed by atoms with Gasteiger partial charge in [0, 0.05) is 11.9 Å². The SMILES string of the molecule is Cc1cccnc1CSCCC(N)C(=O)O. The average molecular weight is 240 g/mol. The molecular formula is C11H16N2O2S. The first-order valence-corrected chi connectivity index (χ1v) is 6.23. The Morgan fingerprint density at radius 2 is 2.44 bits per heavy atom. The Kier molecular flexibility index (Phi) is 5.28.